The average Bonchev–Trinajstić information content (AvgIpc) is 3.32. The summed E-state index contributed by atoms with van der Waals surface area (Å²) in [7, 11) is 0. The molecule has 5 rings (SSSR count). The van der Waals surface area contributed by atoms with E-state index in [9.17, 15) is 13.2 Å². The van der Waals surface area contributed by atoms with E-state index < -0.39 is 12.0 Å². The quantitative estimate of drug-likeness (QED) is 0.478. The van der Waals surface area contributed by atoms with Crippen LogP contribution < -0.4 is 0 Å². The van der Waals surface area contributed by atoms with Crippen molar-refractivity contribution in [2.75, 3.05) is 0 Å². The van der Waals surface area contributed by atoms with Crippen LogP contribution in [0.15, 0.2) is 40.5 Å². The van der Waals surface area contributed by atoms with Gasteiger partial charge in [0.1, 0.15) is 10.9 Å². The molecule has 4 aromatic rings. The molecule has 1 aliphatic rings. The second kappa shape index (κ2) is 6.79. The second-order valence-electron chi connectivity index (χ2n) is 7.19. The summed E-state index contributed by atoms with van der Waals surface area (Å²) in [6, 6.07) is 9.67. The molecule has 0 aliphatic heterocycles. The molecule has 0 amide bonds. The summed E-state index contributed by atoms with van der Waals surface area (Å²) in [6.45, 7) is 3.50. The van der Waals surface area contributed by atoms with Crippen LogP contribution >= 0.6 is 11.8 Å². The van der Waals surface area contributed by atoms with Gasteiger partial charge in [-0.15, -0.1) is 15.3 Å². The number of benzene rings is 1. The average molecular weight is 431 g/mol. The Morgan fingerprint density at radius 2 is 1.73 bits per heavy atom. The first-order chi connectivity index (χ1) is 14.3. The molecule has 3 heterocycles. The molecule has 1 aliphatic carbocycles. The monoisotopic (exact) mass is 431 g/mol. The third-order valence-electron chi connectivity index (χ3n) is 5.05. The van der Waals surface area contributed by atoms with Crippen molar-refractivity contribution in [3.8, 4) is 5.69 Å². The van der Waals surface area contributed by atoms with Crippen LogP contribution in [0.25, 0.3) is 11.3 Å². The molecule has 0 unspecified atom stereocenters. The molecule has 0 bridgehead atoms. The highest BCUT2D eigenvalue weighted by Gasteiger charge is 2.38. The van der Waals surface area contributed by atoms with Gasteiger partial charge in [-0.3, -0.25) is 0 Å². The Hall–Kier alpha value is -2.95. The molecule has 3 aromatic heterocycles. The molecular formula is C19H16F3N7S. The maximum atomic E-state index is 13.3. The SMILES string of the molecule is Cc1c(Sc2nc(C3CC3)n(-c3ccccc3)n2)nn2c(C(F)(F)F)nnc2c1C. The first-order valence-electron chi connectivity index (χ1n) is 9.33. The van der Waals surface area contributed by atoms with Gasteiger partial charge in [0.25, 0.3) is 5.82 Å². The van der Waals surface area contributed by atoms with Crippen LogP contribution in [-0.2, 0) is 6.18 Å². The Balaban J connectivity index is 1.58. The fourth-order valence-electron chi connectivity index (χ4n) is 3.18. The molecule has 154 valence electrons. The molecule has 0 atom stereocenters. The molecule has 7 nitrogen and oxygen atoms in total. The van der Waals surface area contributed by atoms with Gasteiger partial charge in [-0.25, -0.2) is 9.67 Å². The Labute approximate surface area is 173 Å². The fourth-order valence-corrected chi connectivity index (χ4v) is 4.04. The maximum Gasteiger partial charge on any atom is 0.453 e. The van der Waals surface area contributed by atoms with Crippen LogP contribution in [-0.4, -0.2) is 34.6 Å². The normalized spacial score (nSPS) is 14.6. The molecule has 0 saturated heterocycles. The summed E-state index contributed by atoms with van der Waals surface area (Å²) >= 11 is 1.14. The Kier molecular flexibility index (Phi) is 4.31. The number of rotatable bonds is 4. The number of hydrogen-bond acceptors (Lipinski definition) is 6. The van der Waals surface area contributed by atoms with Gasteiger partial charge in [-0.1, -0.05) is 18.2 Å². The first kappa shape index (κ1) is 19.0. The zero-order chi connectivity index (χ0) is 21.0. The number of para-hydroxylation sites is 1. The summed E-state index contributed by atoms with van der Waals surface area (Å²) < 4.78 is 42.4. The predicted octanol–water partition coefficient (Wildman–Crippen LogP) is 4.37. The van der Waals surface area contributed by atoms with Gasteiger partial charge in [0, 0.05) is 11.5 Å². The minimum Gasteiger partial charge on any atom is -0.216 e. The smallest absolute Gasteiger partial charge is 0.216 e. The van der Waals surface area contributed by atoms with Crippen LogP contribution in [0.3, 0.4) is 0 Å². The minimum absolute atomic E-state index is 0.0885. The number of alkyl halides is 3. The number of halogens is 3. The lowest BCUT2D eigenvalue weighted by Gasteiger charge is -2.09. The third kappa shape index (κ3) is 3.22. The van der Waals surface area contributed by atoms with Crippen molar-refractivity contribution in [3.05, 3.63) is 53.1 Å². The number of hydrogen-bond donors (Lipinski definition) is 0. The fraction of sp³-hybridized carbons (Fsp3) is 0.316. The van der Waals surface area contributed by atoms with Crippen LogP contribution in [0.4, 0.5) is 13.2 Å². The topological polar surface area (TPSA) is 73.8 Å². The van der Waals surface area contributed by atoms with Gasteiger partial charge >= 0.3 is 6.18 Å². The number of aryl methyl sites for hydroxylation is 1. The van der Waals surface area contributed by atoms with Crippen LogP contribution in [0.2, 0.25) is 0 Å². The van der Waals surface area contributed by atoms with E-state index >= 15 is 0 Å². The molecule has 0 radical (unpaired) electrons. The lowest BCUT2D eigenvalue weighted by atomic mass is 10.2. The summed E-state index contributed by atoms with van der Waals surface area (Å²) in [5.41, 5.74) is 2.29. The zero-order valence-corrected chi connectivity index (χ0v) is 16.9. The molecule has 1 aromatic carbocycles. The van der Waals surface area contributed by atoms with Crippen molar-refractivity contribution >= 4 is 17.4 Å². The van der Waals surface area contributed by atoms with Crippen molar-refractivity contribution in [3.63, 3.8) is 0 Å². The van der Waals surface area contributed by atoms with E-state index in [1.807, 2.05) is 30.3 Å². The van der Waals surface area contributed by atoms with Crippen molar-refractivity contribution in [1.82, 2.24) is 34.6 Å². The number of aromatic nitrogens is 7. The lowest BCUT2D eigenvalue weighted by molar-refractivity contribution is -0.146. The van der Waals surface area contributed by atoms with E-state index in [4.69, 9.17) is 0 Å². The lowest BCUT2D eigenvalue weighted by Crippen LogP contribution is -2.13. The van der Waals surface area contributed by atoms with Gasteiger partial charge in [-0.2, -0.15) is 22.8 Å². The van der Waals surface area contributed by atoms with Crippen molar-refractivity contribution in [2.24, 2.45) is 0 Å². The molecular weight excluding hydrogens is 415 g/mol. The van der Waals surface area contributed by atoms with Gasteiger partial charge in [0.2, 0.25) is 5.16 Å². The van der Waals surface area contributed by atoms with Gasteiger partial charge in [0.15, 0.2) is 5.65 Å². The van der Waals surface area contributed by atoms with Crippen LogP contribution in [0.1, 0.15) is 41.5 Å². The molecule has 0 spiro atoms. The predicted molar refractivity (Wildman–Crippen MR) is 103 cm³/mol. The van der Waals surface area contributed by atoms with Crippen molar-refractivity contribution in [2.45, 2.75) is 49.0 Å². The van der Waals surface area contributed by atoms with E-state index in [0.717, 1.165) is 46.2 Å². The van der Waals surface area contributed by atoms with Crippen molar-refractivity contribution < 1.29 is 13.2 Å². The molecule has 1 saturated carbocycles. The highest BCUT2D eigenvalue weighted by atomic mass is 32.2. The first-order valence-corrected chi connectivity index (χ1v) is 10.1. The second-order valence-corrected chi connectivity index (χ2v) is 8.14. The molecule has 1 fully saturated rings. The van der Waals surface area contributed by atoms with E-state index in [0.29, 0.717) is 21.7 Å². The van der Waals surface area contributed by atoms with E-state index in [2.05, 4.69) is 25.4 Å². The van der Waals surface area contributed by atoms with Gasteiger partial charge in [0.05, 0.1) is 5.69 Å². The standard InChI is InChI=1S/C19H16F3N7S/c1-10-11(2)16(26-29-14(10)24-25-17(29)19(20,21)22)30-18-23-15(12-8-9-12)28(27-18)13-6-4-3-5-7-13/h3-7,12H,8-9H2,1-2H3. The highest BCUT2D eigenvalue weighted by Crippen LogP contribution is 2.41. The maximum absolute atomic E-state index is 13.3. The Morgan fingerprint density at radius 1 is 1.00 bits per heavy atom. The Morgan fingerprint density at radius 3 is 2.40 bits per heavy atom. The van der Waals surface area contributed by atoms with Crippen LogP contribution in [0, 0.1) is 13.8 Å². The Bertz CT molecular complexity index is 1240. The number of nitrogens with zero attached hydrogens (tertiary/aromatic N) is 7. The third-order valence-corrected chi connectivity index (χ3v) is 5.98. The summed E-state index contributed by atoms with van der Waals surface area (Å²) in [4.78, 5) is 4.67. The van der Waals surface area contributed by atoms with Gasteiger partial charge in [-0.05, 0) is 56.1 Å². The van der Waals surface area contributed by atoms with Gasteiger partial charge < -0.3 is 0 Å². The molecule has 0 N–H and O–H groups in total. The highest BCUT2D eigenvalue weighted by molar-refractivity contribution is 7.99. The van der Waals surface area contributed by atoms with E-state index in [1.165, 1.54) is 0 Å². The summed E-state index contributed by atoms with van der Waals surface area (Å²) in [5, 5.41) is 16.6. The van der Waals surface area contributed by atoms with E-state index in [1.54, 1.807) is 18.5 Å². The zero-order valence-electron chi connectivity index (χ0n) is 16.1. The van der Waals surface area contributed by atoms with E-state index in [-0.39, 0.29) is 5.65 Å². The largest absolute Gasteiger partial charge is 0.453 e. The minimum atomic E-state index is -4.65. The molecule has 11 heteroatoms. The van der Waals surface area contributed by atoms with Crippen LogP contribution in [0.5, 0.6) is 0 Å². The van der Waals surface area contributed by atoms with Crippen molar-refractivity contribution in [1.29, 1.82) is 0 Å². The summed E-state index contributed by atoms with van der Waals surface area (Å²) in [5.74, 6) is 0.0586. The molecule has 30 heavy (non-hydrogen) atoms. The summed E-state index contributed by atoms with van der Waals surface area (Å²) in [6.07, 6.45) is -2.55. The number of fused-ring (bicyclic) bond motifs is 1.